The first kappa shape index (κ1) is 13.0. The summed E-state index contributed by atoms with van der Waals surface area (Å²) in [6.07, 6.45) is 6.38. The molecule has 16 heavy (non-hydrogen) atoms. The third-order valence-electron chi connectivity index (χ3n) is 2.75. The van der Waals surface area contributed by atoms with Crippen molar-refractivity contribution in [1.29, 1.82) is 0 Å². The maximum Gasteiger partial charge on any atom is 0.0629 e. The fraction of sp³-hybridized carbons (Fsp3) is 0.533. The third-order valence-corrected chi connectivity index (χ3v) is 2.75. The molecule has 1 aromatic rings. The van der Waals surface area contributed by atoms with Crippen molar-refractivity contribution in [2.24, 2.45) is 4.99 Å². The molecule has 0 atom stereocenters. The summed E-state index contributed by atoms with van der Waals surface area (Å²) in [6, 6.07) is 8.40. The number of aliphatic imine (C=N–C) groups is 1. The minimum Gasteiger partial charge on any atom is -0.258 e. The van der Waals surface area contributed by atoms with Crippen molar-refractivity contribution in [3.63, 3.8) is 0 Å². The van der Waals surface area contributed by atoms with Gasteiger partial charge in [0.25, 0.3) is 0 Å². The highest BCUT2D eigenvalue weighted by Gasteiger charge is 1.94. The molecule has 0 saturated heterocycles. The molecule has 0 bridgehead atoms. The lowest BCUT2D eigenvalue weighted by Crippen LogP contribution is -1.90. The van der Waals surface area contributed by atoms with Crippen molar-refractivity contribution in [2.45, 2.75) is 52.9 Å². The Balaban J connectivity index is 2.40. The van der Waals surface area contributed by atoms with Gasteiger partial charge in [0.1, 0.15) is 0 Å². The van der Waals surface area contributed by atoms with Gasteiger partial charge in [-0.2, -0.15) is 0 Å². The van der Waals surface area contributed by atoms with E-state index in [1.165, 1.54) is 37.0 Å². The van der Waals surface area contributed by atoms with Crippen molar-refractivity contribution in [3.8, 4) is 0 Å². The zero-order valence-corrected chi connectivity index (χ0v) is 10.8. The molecule has 1 heteroatoms. The summed E-state index contributed by atoms with van der Waals surface area (Å²) >= 11 is 0. The minimum atomic E-state index is 1.08. The highest BCUT2D eigenvalue weighted by Crippen LogP contribution is 2.14. The van der Waals surface area contributed by atoms with Gasteiger partial charge in [0, 0.05) is 5.71 Å². The average Bonchev–Trinajstić information content (AvgIpc) is 2.28. The first-order valence-electron chi connectivity index (χ1n) is 6.33. The van der Waals surface area contributed by atoms with E-state index < -0.39 is 0 Å². The van der Waals surface area contributed by atoms with E-state index in [9.17, 15) is 0 Å². The maximum atomic E-state index is 4.61. The van der Waals surface area contributed by atoms with Crippen LogP contribution in [-0.2, 0) is 0 Å². The molecule has 0 fully saturated rings. The molecule has 1 aromatic carbocycles. The highest BCUT2D eigenvalue weighted by atomic mass is 14.7. The van der Waals surface area contributed by atoms with Crippen molar-refractivity contribution in [1.82, 2.24) is 0 Å². The number of hydrogen-bond acceptors (Lipinski definition) is 1. The number of rotatable bonds is 6. The van der Waals surface area contributed by atoms with Gasteiger partial charge in [-0.05, 0) is 38.8 Å². The van der Waals surface area contributed by atoms with E-state index in [1.807, 2.05) is 0 Å². The summed E-state index contributed by atoms with van der Waals surface area (Å²) in [5.74, 6) is 0. The van der Waals surface area contributed by atoms with Crippen LogP contribution < -0.4 is 0 Å². The summed E-state index contributed by atoms with van der Waals surface area (Å²) < 4.78 is 0. The average molecular weight is 217 g/mol. The van der Waals surface area contributed by atoms with Crippen molar-refractivity contribution < 1.29 is 0 Å². The summed E-state index contributed by atoms with van der Waals surface area (Å²) in [7, 11) is 0. The molecular weight excluding hydrogens is 194 g/mol. The van der Waals surface area contributed by atoms with Crippen LogP contribution in [0.2, 0.25) is 0 Å². The summed E-state index contributed by atoms with van der Waals surface area (Å²) in [5.41, 5.74) is 3.62. The SMILES string of the molecule is CCCCCCC(C)=Nc1ccc(C)cc1. The van der Waals surface area contributed by atoms with Crippen LogP contribution in [0.25, 0.3) is 0 Å². The summed E-state index contributed by atoms with van der Waals surface area (Å²) in [5, 5.41) is 0. The normalized spacial score (nSPS) is 11.8. The highest BCUT2D eigenvalue weighted by molar-refractivity contribution is 5.84. The Kier molecular flexibility index (Phi) is 5.84. The molecule has 1 nitrogen and oxygen atoms in total. The Bertz CT molecular complexity index is 322. The van der Waals surface area contributed by atoms with Crippen LogP contribution in [0.5, 0.6) is 0 Å². The maximum absolute atomic E-state index is 4.61. The second kappa shape index (κ2) is 7.21. The monoisotopic (exact) mass is 217 g/mol. The number of nitrogens with zero attached hydrogens (tertiary/aromatic N) is 1. The lowest BCUT2D eigenvalue weighted by Gasteiger charge is -2.01. The van der Waals surface area contributed by atoms with Crippen molar-refractivity contribution in [2.75, 3.05) is 0 Å². The Morgan fingerprint density at radius 2 is 1.75 bits per heavy atom. The molecule has 0 aliphatic rings. The molecule has 0 saturated carbocycles. The molecule has 0 aromatic heterocycles. The van der Waals surface area contributed by atoms with Gasteiger partial charge in [-0.3, -0.25) is 4.99 Å². The minimum absolute atomic E-state index is 1.08. The number of benzene rings is 1. The van der Waals surface area contributed by atoms with E-state index in [4.69, 9.17) is 0 Å². The van der Waals surface area contributed by atoms with E-state index >= 15 is 0 Å². The predicted octanol–water partition coefficient (Wildman–Crippen LogP) is 5.06. The molecule has 0 aliphatic carbocycles. The second-order valence-electron chi connectivity index (χ2n) is 4.49. The van der Waals surface area contributed by atoms with Gasteiger partial charge < -0.3 is 0 Å². The molecule has 0 aliphatic heterocycles. The van der Waals surface area contributed by atoms with Gasteiger partial charge in [-0.1, -0.05) is 43.9 Å². The quantitative estimate of drug-likeness (QED) is 0.466. The van der Waals surface area contributed by atoms with Gasteiger partial charge in [-0.15, -0.1) is 0 Å². The molecule has 0 heterocycles. The van der Waals surface area contributed by atoms with Gasteiger partial charge in [0.2, 0.25) is 0 Å². The summed E-state index contributed by atoms with van der Waals surface area (Å²) in [4.78, 5) is 4.61. The Hall–Kier alpha value is -1.11. The standard InChI is InChI=1S/C15H23N/c1-4-5-6-7-8-14(3)16-15-11-9-13(2)10-12-15/h9-12H,4-8H2,1-3H3. The molecular formula is C15H23N. The molecule has 0 amide bonds. The molecule has 0 unspecified atom stereocenters. The van der Waals surface area contributed by atoms with E-state index in [2.05, 4.69) is 50.0 Å². The first-order valence-corrected chi connectivity index (χ1v) is 6.33. The lowest BCUT2D eigenvalue weighted by atomic mass is 10.1. The number of aryl methyl sites for hydroxylation is 1. The van der Waals surface area contributed by atoms with E-state index in [0.29, 0.717) is 0 Å². The first-order chi connectivity index (χ1) is 7.72. The van der Waals surface area contributed by atoms with Crippen LogP contribution >= 0.6 is 0 Å². The van der Waals surface area contributed by atoms with Crippen molar-refractivity contribution >= 4 is 11.4 Å². The third kappa shape index (κ3) is 5.11. The Morgan fingerprint density at radius 1 is 1.06 bits per heavy atom. The zero-order chi connectivity index (χ0) is 11.8. The second-order valence-corrected chi connectivity index (χ2v) is 4.49. The summed E-state index contributed by atoms with van der Waals surface area (Å²) in [6.45, 7) is 6.48. The van der Waals surface area contributed by atoms with Gasteiger partial charge in [-0.25, -0.2) is 0 Å². The van der Waals surface area contributed by atoms with Crippen LogP contribution in [0.15, 0.2) is 29.3 Å². The number of unbranched alkanes of at least 4 members (excludes halogenated alkanes) is 3. The topological polar surface area (TPSA) is 12.4 Å². The van der Waals surface area contributed by atoms with Crippen LogP contribution in [0, 0.1) is 6.92 Å². The fourth-order valence-corrected chi connectivity index (χ4v) is 1.70. The van der Waals surface area contributed by atoms with E-state index in [1.54, 1.807) is 0 Å². The smallest absolute Gasteiger partial charge is 0.0629 e. The van der Waals surface area contributed by atoms with Crippen LogP contribution in [0.4, 0.5) is 5.69 Å². The van der Waals surface area contributed by atoms with Crippen LogP contribution in [0.1, 0.15) is 51.5 Å². The van der Waals surface area contributed by atoms with E-state index in [-0.39, 0.29) is 0 Å². The predicted molar refractivity (Wildman–Crippen MR) is 72.7 cm³/mol. The molecule has 1 rings (SSSR count). The van der Waals surface area contributed by atoms with Crippen LogP contribution in [0.3, 0.4) is 0 Å². The largest absolute Gasteiger partial charge is 0.258 e. The van der Waals surface area contributed by atoms with Gasteiger partial charge >= 0.3 is 0 Å². The van der Waals surface area contributed by atoms with Crippen molar-refractivity contribution in [3.05, 3.63) is 29.8 Å². The zero-order valence-electron chi connectivity index (χ0n) is 10.8. The fourth-order valence-electron chi connectivity index (χ4n) is 1.70. The van der Waals surface area contributed by atoms with Gasteiger partial charge in [0.05, 0.1) is 5.69 Å². The number of hydrogen-bond donors (Lipinski definition) is 0. The lowest BCUT2D eigenvalue weighted by molar-refractivity contribution is 0.682. The van der Waals surface area contributed by atoms with Gasteiger partial charge in [0.15, 0.2) is 0 Å². The van der Waals surface area contributed by atoms with Crippen LogP contribution in [-0.4, -0.2) is 5.71 Å². The molecule has 0 radical (unpaired) electrons. The molecule has 0 N–H and O–H groups in total. The van der Waals surface area contributed by atoms with E-state index in [0.717, 1.165) is 12.1 Å². The molecule has 88 valence electrons. The Labute approximate surface area is 99.6 Å². The Morgan fingerprint density at radius 3 is 2.38 bits per heavy atom. The molecule has 0 spiro atoms.